The zero-order valence-electron chi connectivity index (χ0n) is 12.5. The summed E-state index contributed by atoms with van der Waals surface area (Å²) in [6, 6.07) is 17.3. The molecule has 1 aliphatic heterocycles. The molecule has 2 aromatic rings. The highest BCUT2D eigenvalue weighted by Gasteiger charge is 2.28. The van der Waals surface area contributed by atoms with E-state index in [0.29, 0.717) is 11.5 Å². The van der Waals surface area contributed by atoms with Gasteiger partial charge in [-0.05, 0) is 24.1 Å². The molecule has 1 heterocycles. The first-order valence-electron chi connectivity index (χ1n) is 7.51. The second kappa shape index (κ2) is 6.52. The number of carbonyl (C=O) groups excluding carboxylic acids is 1. The van der Waals surface area contributed by atoms with Crippen LogP contribution in [0.2, 0.25) is 0 Å². The van der Waals surface area contributed by atoms with E-state index in [4.69, 9.17) is 9.47 Å². The van der Waals surface area contributed by atoms with E-state index in [2.05, 4.69) is 5.32 Å². The van der Waals surface area contributed by atoms with Gasteiger partial charge in [0.05, 0.1) is 6.04 Å². The van der Waals surface area contributed by atoms with Crippen LogP contribution in [0.4, 0.5) is 0 Å². The second-order valence-electron chi connectivity index (χ2n) is 5.24. The summed E-state index contributed by atoms with van der Waals surface area (Å²) in [4.78, 5) is 12.4. The molecule has 0 bridgehead atoms. The van der Waals surface area contributed by atoms with Crippen molar-refractivity contribution in [3.05, 3.63) is 60.2 Å². The van der Waals surface area contributed by atoms with E-state index < -0.39 is 6.10 Å². The summed E-state index contributed by atoms with van der Waals surface area (Å²) < 4.78 is 11.3. The van der Waals surface area contributed by atoms with Crippen LogP contribution in [0.5, 0.6) is 11.5 Å². The van der Waals surface area contributed by atoms with Gasteiger partial charge in [0.2, 0.25) is 6.10 Å². The Morgan fingerprint density at radius 3 is 2.55 bits per heavy atom. The number of hydrogen-bond acceptors (Lipinski definition) is 3. The van der Waals surface area contributed by atoms with Crippen molar-refractivity contribution in [2.24, 2.45) is 0 Å². The van der Waals surface area contributed by atoms with Crippen molar-refractivity contribution in [3.63, 3.8) is 0 Å². The molecular weight excluding hydrogens is 278 g/mol. The first-order chi connectivity index (χ1) is 10.8. The van der Waals surface area contributed by atoms with Gasteiger partial charge in [-0.3, -0.25) is 4.79 Å². The van der Waals surface area contributed by atoms with Gasteiger partial charge in [0, 0.05) is 0 Å². The zero-order chi connectivity index (χ0) is 15.4. The summed E-state index contributed by atoms with van der Waals surface area (Å²) in [6.07, 6.45) is 0.201. The Kier molecular flexibility index (Phi) is 4.28. The lowest BCUT2D eigenvalue weighted by Gasteiger charge is -2.27. The van der Waals surface area contributed by atoms with Crippen molar-refractivity contribution in [2.45, 2.75) is 25.5 Å². The Hall–Kier alpha value is -2.49. The third-order valence-corrected chi connectivity index (χ3v) is 3.73. The van der Waals surface area contributed by atoms with Crippen LogP contribution in [0.25, 0.3) is 0 Å². The van der Waals surface area contributed by atoms with Gasteiger partial charge >= 0.3 is 0 Å². The number of nitrogens with one attached hydrogen (secondary N) is 1. The summed E-state index contributed by atoms with van der Waals surface area (Å²) >= 11 is 0. The molecule has 0 aliphatic carbocycles. The smallest absolute Gasteiger partial charge is 0.265 e. The van der Waals surface area contributed by atoms with Crippen LogP contribution in [0.15, 0.2) is 54.6 Å². The maximum Gasteiger partial charge on any atom is 0.265 e. The van der Waals surface area contributed by atoms with Crippen LogP contribution < -0.4 is 14.8 Å². The molecule has 1 N–H and O–H groups in total. The van der Waals surface area contributed by atoms with Gasteiger partial charge in [-0.1, -0.05) is 49.4 Å². The third-order valence-electron chi connectivity index (χ3n) is 3.73. The van der Waals surface area contributed by atoms with Gasteiger partial charge in [0.1, 0.15) is 6.61 Å². The maximum atomic E-state index is 12.4. The fourth-order valence-electron chi connectivity index (χ4n) is 2.52. The highest BCUT2D eigenvalue weighted by atomic mass is 16.6. The standard InChI is InChI=1S/C18H19NO3/c1-2-14(13-8-4-3-5-9-13)19-18(20)17-12-21-15-10-6-7-11-16(15)22-17/h3-11,14,17H,2,12H2,1H3,(H,19,20)/t14-,17+/m1/s1. The Morgan fingerprint density at radius 2 is 1.82 bits per heavy atom. The molecule has 2 aromatic carbocycles. The summed E-state index contributed by atoms with van der Waals surface area (Å²) in [5, 5.41) is 3.04. The fraction of sp³-hybridized carbons (Fsp3) is 0.278. The molecule has 0 aromatic heterocycles. The van der Waals surface area contributed by atoms with Gasteiger partial charge < -0.3 is 14.8 Å². The van der Waals surface area contributed by atoms with Crippen molar-refractivity contribution >= 4 is 5.91 Å². The molecule has 4 nitrogen and oxygen atoms in total. The largest absolute Gasteiger partial charge is 0.485 e. The molecule has 114 valence electrons. The van der Waals surface area contributed by atoms with Gasteiger partial charge in [0.25, 0.3) is 5.91 Å². The summed E-state index contributed by atoms with van der Waals surface area (Å²) in [5.41, 5.74) is 1.09. The van der Waals surface area contributed by atoms with E-state index in [9.17, 15) is 4.79 Å². The normalized spacial score (nSPS) is 17.6. The maximum absolute atomic E-state index is 12.4. The molecule has 0 fully saturated rings. The fourth-order valence-corrected chi connectivity index (χ4v) is 2.52. The van der Waals surface area contributed by atoms with Crippen molar-refractivity contribution in [2.75, 3.05) is 6.61 Å². The zero-order valence-corrected chi connectivity index (χ0v) is 12.5. The molecule has 22 heavy (non-hydrogen) atoms. The predicted molar refractivity (Wildman–Crippen MR) is 84.0 cm³/mol. The SMILES string of the molecule is CC[C@@H](NC(=O)[C@@H]1COc2ccccc2O1)c1ccccc1. The molecule has 4 heteroatoms. The average molecular weight is 297 g/mol. The van der Waals surface area contributed by atoms with Crippen LogP contribution >= 0.6 is 0 Å². The van der Waals surface area contributed by atoms with Gasteiger partial charge in [-0.25, -0.2) is 0 Å². The molecule has 3 rings (SSSR count). The van der Waals surface area contributed by atoms with Gasteiger partial charge in [-0.15, -0.1) is 0 Å². The molecule has 0 unspecified atom stereocenters. The molecule has 2 atom stereocenters. The molecule has 0 saturated heterocycles. The Balaban J connectivity index is 1.67. The number of fused-ring (bicyclic) bond motifs is 1. The molecule has 0 saturated carbocycles. The molecule has 1 amide bonds. The number of para-hydroxylation sites is 2. The molecular formula is C18H19NO3. The van der Waals surface area contributed by atoms with E-state index in [0.717, 1.165) is 12.0 Å². The molecule has 0 spiro atoms. The minimum absolute atomic E-state index is 0.0190. The first kappa shape index (κ1) is 14.4. The minimum Gasteiger partial charge on any atom is -0.485 e. The minimum atomic E-state index is -0.618. The summed E-state index contributed by atoms with van der Waals surface area (Å²) in [6.45, 7) is 2.28. The van der Waals surface area contributed by atoms with Crippen LogP contribution in [0.1, 0.15) is 24.9 Å². The topological polar surface area (TPSA) is 47.6 Å². The predicted octanol–water partition coefficient (Wildman–Crippen LogP) is 3.09. The van der Waals surface area contributed by atoms with E-state index in [1.807, 2.05) is 61.5 Å². The lowest BCUT2D eigenvalue weighted by molar-refractivity contribution is -0.131. The van der Waals surface area contributed by atoms with Gasteiger partial charge in [-0.2, -0.15) is 0 Å². The third kappa shape index (κ3) is 3.06. The quantitative estimate of drug-likeness (QED) is 0.943. The van der Waals surface area contributed by atoms with Crippen molar-refractivity contribution in [3.8, 4) is 11.5 Å². The Bertz CT molecular complexity index is 642. The number of ether oxygens (including phenoxy) is 2. The van der Waals surface area contributed by atoms with E-state index in [1.54, 1.807) is 0 Å². The summed E-state index contributed by atoms with van der Waals surface area (Å²) in [7, 11) is 0. The van der Waals surface area contributed by atoms with Crippen LogP contribution in [0, 0.1) is 0 Å². The number of carbonyl (C=O) groups is 1. The first-order valence-corrected chi connectivity index (χ1v) is 7.51. The Labute approximate surface area is 130 Å². The molecule has 1 aliphatic rings. The number of amides is 1. The monoisotopic (exact) mass is 297 g/mol. The lowest BCUT2D eigenvalue weighted by atomic mass is 10.0. The second-order valence-corrected chi connectivity index (χ2v) is 5.24. The van der Waals surface area contributed by atoms with E-state index in [-0.39, 0.29) is 18.6 Å². The summed E-state index contributed by atoms with van der Waals surface area (Å²) in [5.74, 6) is 1.15. The van der Waals surface area contributed by atoms with Crippen LogP contribution in [-0.4, -0.2) is 18.6 Å². The van der Waals surface area contributed by atoms with Crippen LogP contribution in [-0.2, 0) is 4.79 Å². The highest BCUT2D eigenvalue weighted by molar-refractivity contribution is 5.82. The average Bonchev–Trinajstić information content (AvgIpc) is 2.59. The number of rotatable bonds is 4. The molecule has 0 radical (unpaired) electrons. The number of hydrogen-bond donors (Lipinski definition) is 1. The van der Waals surface area contributed by atoms with Crippen LogP contribution in [0.3, 0.4) is 0 Å². The van der Waals surface area contributed by atoms with Crippen molar-refractivity contribution in [1.29, 1.82) is 0 Å². The Morgan fingerprint density at radius 1 is 1.14 bits per heavy atom. The van der Waals surface area contributed by atoms with Crippen molar-refractivity contribution in [1.82, 2.24) is 5.32 Å². The highest BCUT2D eigenvalue weighted by Crippen LogP contribution is 2.31. The lowest BCUT2D eigenvalue weighted by Crippen LogP contribution is -2.45. The van der Waals surface area contributed by atoms with Crippen molar-refractivity contribution < 1.29 is 14.3 Å². The van der Waals surface area contributed by atoms with E-state index in [1.165, 1.54) is 0 Å². The van der Waals surface area contributed by atoms with E-state index >= 15 is 0 Å². The van der Waals surface area contributed by atoms with Gasteiger partial charge in [0.15, 0.2) is 11.5 Å². The number of benzene rings is 2.